The summed E-state index contributed by atoms with van der Waals surface area (Å²) < 4.78 is 38.2. The molecule has 0 unspecified atom stereocenters. The van der Waals surface area contributed by atoms with Crippen LogP contribution in [0.25, 0.3) is 0 Å². The Hall–Kier alpha value is -2.21. The van der Waals surface area contributed by atoms with Gasteiger partial charge in [-0.3, -0.25) is 0 Å². The van der Waals surface area contributed by atoms with Crippen LogP contribution in [0.15, 0.2) is 58.8 Å². The average Bonchev–Trinajstić information content (AvgIpc) is 2.45. The van der Waals surface area contributed by atoms with Gasteiger partial charge >= 0.3 is 6.18 Å². The molecular weight excluding hydrogens is 269 g/mol. The summed E-state index contributed by atoms with van der Waals surface area (Å²) in [6.07, 6.45) is -4.46. The molecule has 104 valence electrons. The Kier molecular flexibility index (Phi) is 4.14. The number of hydrogen-bond acceptors (Lipinski definition) is 3. The Morgan fingerprint density at radius 3 is 2.15 bits per heavy atom. The topological polar surface area (TPSA) is 45.0 Å². The Morgan fingerprint density at radius 2 is 1.55 bits per heavy atom. The van der Waals surface area contributed by atoms with Crippen molar-refractivity contribution in [2.75, 3.05) is 0 Å². The molecule has 3 nitrogen and oxygen atoms in total. The van der Waals surface area contributed by atoms with Crippen molar-refractivity contribution in [3.8, 4) is 0 Å². The second-order valence-corrected chi connectivity index (χ2v) is 4.04. The largest absolute Gasteiger partial charge is 0.418 e. The third kappa shape index (κ3) is 3.42. The number of aliphatic hydroxyl groups is 1. The molecule has 1 N–H and O–H groups in total. The number of aliphatic hydroxyl groups excluding tert-OH is 1. The van der Waals surface area contributed by atoms with E-state index < -0.39 is 11.7 Å². The smallest absolute Gasteiger partial charge is 0.392 e. The van der Waals surface area contributed by atoms with Gasteiger partial charge in [0.1, 0.15) is 0 Å². The SMILES string of the molecule is OCc1ccc(N=Nc2ccccc2C(F)(F)F)cc1. The summed E-state index contributed by atoms with van der Waals surface area (Å²) >= 11 is 0. The second-order valence-electron chi connectivity index (χ2n) is 4.04. The second kappa shape index (κ2) is 5.83. The molecule has 2 rings (SSSR count). The summed E-state index contributed by atoms with van der Waals surface area (Å²) in [5.41, 5.74) is 0.0563. The van der Waals surface area contributed by atoms with Crippen molar-refractivity contribution < 1.29 is 18.3 Å². The van der Waals surface area contributed by atoms with E-state index in [0.29, 0.717) is 11.3 Å². The predicted octanol–water partition coefficient (Wildman–Crippen LogP) is 4.61. The molecule has 0 atom stereocenters. The maximum Gasteiger partial charge on any atom is 0.418 e. The third-order valence-corrected chi connectivity index (χ3v) is 2.60. The maximum atomic E-state index is 12.7. The van der Waals surface area contributed by atoms with Gasteiger partial charge in [0.05, 0.1) is 23.5 Å². The van der Waals surface area contributed by atoms with Gasteiger partial charge in [-0.1, -0.05) is 24.3 Å². The van der Waals surface area contributed by atoms with E-state index in [2.05, 4.69) is 10.2 Å². The summed E-state index contributed by atoms with van der Waals surface area (Å²) in [7, 11) is 0. The molecule has 2 aromatic carbocycles. The summed E-state index contributed by atoms with van der Waals surface area (Å²) in [5.74, 6) is 0. The quantitative estimate of drug-likeness (QED) is 0.819. The van der Waals surface area contributed by atoms with Crippen molar-refractivity contribution in [3.63, 3.8) is 0 Å². The lowest BCUT2D eigenvalue weighted by Gasteiger charge is -2.08. The lowest BCUT2D eigenvalue weighted by atomic mass is 10.2. The van der Waals surface area contributed by atoms with E-state index in [4.69, 9.17) is 5.11 Å². The van der Waals surface area contributed by atoms with Crippen LogP contribution in [0.4, 0.5) is 24.5 Å². The van der Waals surface area contributed by atoms with Crippen molar-refractivity contribution in [1.82, 2.24) is 0 Å². The molecule has 0 saturated heterocycles. The fourth-order valence-corrected chi connectivity index (χ4v) is 1.58. The molecule has 0 spiro atoms. The van der Waals surface area contributed by atoms with Crippen molar-refractivity contribution in [3.05, 3.63) is 59.7 Å². The fraction of sp³-hybridized carbons (Fsp3) is 0.143. The summed E-state index contributed by atoms with van der Waals surface area (Å²) in [4.78, 5) is 0. The van der Waals surface area contributed by atoms with Crippen LogP contribution in [-0.2, 0) is 12.8 Å². The van der Waals surface area contributed by atoms with Gasteiger partial charge in [0, 0.05) is 0 Å². The molecule has 0 bridgehead atoms. The number of azo groups is 1. The zero-order valence-corrected chi connectivity index (χ0v) is 10.3. The van der Waals surface area contributed by atoms with Crippen molar-refractivity contribution in [2.45, 2.75) is 12.8 Å². The van der Waals surface area contributed by atoms with Crippen molar-refractivity contribution in [2.24, 2.45) is 10.2 Å². The molecule has 6 heteroatoms. The summed E-state index contributed by atoms with van der Waals surface area (Å²) in [6.45, 7) is -0.103. The first kappa shape index (κ1) is 14.2. The number of hydrogen-bond donors (Lipinski definition) is 1. The highest BCUT2D eigenvalue weighted by Gasteiger charge is 2.33. The Morgan fingerprint density at radius 1 is 0.900 bits per heavy atom. The van der Waals surface area contributed by atoms with Crippen LogP contribution in [0.1, 0.15) is 11.1 Å². The van der Waals surface area contributed by atoms with E-state index in [-0.39, 0.29) is 12.3 Å². The van der Waals surface area contributed by atoms with Crippen LogP contribution in [0, 0.1) is 0 Å². The zero-order chi connectivity index (χ0) is 14.6. The highest BCUT2D eigenvalue weighted by Crippen LogP contribution is 2.36. The Balaban J connectivity index is 2.27. The molecule has 0 saturated carbocycles. The van der Waals surface area contributed by atoms with Crippen LogP contribution in [0.5, 0.6) is 0 Å². The van der Waals surface area contributed by atoms with E-state index >= 15 is 0 Å². The highest BCUT2D eigenvalue weighted by atomic mass is 19.4. The number of benzene rings is 2. The standard InChI is InChI=1S/C14H11F3N2O/c15-14(16,17)12-3-1-2-4-13(12)19-18-11-7-5-10(9-20)6-8-11/h1-8,20H,9H2. The first-order valence-corrected chi connectivity index (χ1v) is 5.78. The molecule has 2 aromatic rings. The third-order valence-electron chi connectivity index (χ3n) is 2.60. The Bertz CT molecular complexity index is 607. The van der Waals surface area contributed by atoms with E-state index in [1.54, 1.807) is 24.3 Å². The average molecular weight is 280 g/mol. The molecule has 0 radical (unpaired) electrons. The van der Waals surface area contributed by atoms with Gasteiger partial charge in [0.15, 0.2) is 0 Å². The number of alkyl halides is 3. The minimum atomic E-state index is -4.46. The minimum Gasteiger partial charge on any atom is -0.392 e. The van der Waals surface area contributed by atoms with E-state index in [1.165, 1.54) is 18.2 Å². The van der Waals surface area contributed by atoms with Gasteiger partial charge in [-0.2, -0.15) is 18.3 Å². The van der Waals surface area contributed by atoms with E-state index in [0.717, 1.165) is 6.07 Å². The molecule has 0 fully saturated rings. The van der Waals surface area contributed by atoms with Crippen LogP contribution < -0.4 is 0 Å². The molecule has 20 heavy (non-hydrogen) atoms. The normalized spacial score (nSPS) is 12.0. The van der Waals surface area contributed by atoms with Gasteiger partial charge in [-0.15, -0.1) is 5.11 Å². The van der Waals surface area contributed by atoms with Crippen LogP contribution >= 0.6 is 0 Å². The van der Waals surface area contributed by atoms with Gasteiger partial charge in [-0.05, 0) is 29.8 Å². The van der Waals surface area contributed by atoms with E-state index in [9.17, 15) is 13.2 Å². The lowest BCUT2D eigenvalue weighted by Crippen LogP contribution is -2.04. The monoisotopic (exact) mass is 280 g/mol. The van der Waals surface area contributed by atoms with Gasteiger partial charge in [-0.25, -0.2) is 0 Å². The lowest BCUT2D eigenvalue weighted by molar-refractivity contribution is -0.137. The van der Waals surface area contributed by atoms with E-state index in [1.807, 2.05) is 0 Å². The first-order valence-electron chi connectivity index (χ1n) is 5.78. The number of halogens is 3. The summed E-state index contributed by atoms with van der Waals surface area (Å²) in [5, 5.41) is 16.3. The maximum absolute atomic E-state index is 12.7. The van der Waals surface area contributed by atoms with Gasteiger partial charge in [0.25, 0.3) is 0 Å². The molecule has 0 amide bonds. The van der Waals surface area contributed by atoms with Crippen LogP contribution in [-0.4, -0.2) is 5.11 Å². The molecule has 0 aromatic heterocycles. The van der Waals surface area contributed by atoms with Gasteiger partial charge in [0.2, 0.25) is 0 Å². The Labute approximate surface area is 113 Å². The predicted molar refractivity (Wildman–Crippen MR) is 68.0 cm³/mol. The van der Waals surface area contributed by atoms with Crippen LogP contribution in [0.2, 0.25) is 0 Å². The first-order chi connectivity index (χ1) is 9.50. The number of rotatable bonds is 3. The zero-order valence-electron chi connectivity index (χ0n) is 10.3. The number of nitrogens with zero attached hydrogens (tertiary/aromatic N) is 2. The molecule has 0 aliphatic rings. The highest BCUT2D eigenvalue weighted by molar-refractivity contribution is 5.48. The van der Waals surface area contributed by atoms with Crippen molar-refractivity contribution in [1.29, 1.82) is 0 Å². The molecule has 0 aliphatic carbocycles. The minimum absolute atomic E-state index is 0.103. The van der Waals surface area contributed by atoms with Gasteiger partial charge < -0.3 is 5.11 Å². The molecule has 0 heterocycles. The van der Waals surface area contributed by atoms with Crippen LogP contribution in [0.3, 0.4) is 0 Å². The molecular formula is C14H11F3N2O. The summed E-state index contributed by atoms with van der Waals surface area (Å²) in [6, 6.07) is 11.4. The van der Waals surface area contributed by atoms with Crippen molar-refractivity contribution >= 4 is 11.4 Å². The molecule has 0 aliphatic heterocycles. The fourth-order valence-electron chi connectivity index (χ4n) is 1.58.